The Morgan fingerprint density at radius 1 is 1.53 bits per heavy atom. The van der Waals surface area contributed by atoms with Gasteiger partial charge in [0.1, 0.15) is 0 Å². The molecule has 2 unspecified atom stereocenters. The Kier molecular flexibility index (Phi) is 3.59. The molecule has 86 valence electrons. The first-order valence-electron chi connectivity index (χ1n) is 5.91. The molecule has 2 atom stereocenters. The number of ether oxygens (including phenoxy) is 1. The predicted molar refractivity (Wildman–Crippen MR) is 57.6 cm³/mol. The van der Waals surface area contributed by atoms with E-state index in [9.17, 15) is 4.79 Å². The first kappa shape index (κ1) is 10.9. The lowest BCUT2D eigenvalue weighted by atomic mass is 9.93. The van der Waals surface area contributed by atoms with Gasteiger partial charge in [-0.15, -0.1) is 0 Å². The van der Waals surface area contributed by atoms with Crippen molar-refractivity contribution in [2.45, 2.75) is 25.8 Å². The first-order valence-corrected chi connectivity index (χ1v) is 5.91. The van der Waals surface area contributed by atoms with Crippen LogP contribution in [0.15, 0.2) is 0 Å². The summed E-state index contributed by atoms with van der Waals surface area (Å²) in [5.41, 5.74) is 0. The lowest BCUT2D eigenvalue weighted by molar-refractivity contribution is -0.144. The quantitative estimate of drug-likeness (QED) is 0.680. The third-order valence-electron chi connectivity index (χ3n) is 3.40. The molecule has 0 spiro atoms. The van der Waals surface area contributed by atoms with Gasteiger partial charge in [0.25, 0.3) is 0 Å². The molecule has 0 radical (unpaired) electrons. The Hall–Kier alpha value is -0.610. The van der Waals surface area contributed by atoms with Gasteiger partial charge in [-0.25, -0.2) is 0 Å². The van der Waals surface area contributed by atoms with Crippen LogP contribution >= 0.6 is 0 Å². The zero-order valence-electron chi connectivity index (χ0n) is 9.37. The molecule has 2 saturated heterocycles. The number of piperidine rings is 1. The summed E-state index contributed by atoms with van der Waals surface area (Å²) in [5, 5.41) is 3.51. The van der Waals surface area contributed by atoms with Gasteiger partial charge in [0.05, 0.1) is 13.2 Å². The van der Waals surface area contributed by atoms with Gasteiger partial charge < -0.3 is 10.1 Å². The molecule has 2 rings (SSSR count). The number of carbonyl (C=O) groups is 1. The largest absolute Gasteiger partial charge is 0.465 e. The van der Waals surface area contributed by atoms with Crippen LogP contribution in [0.2, 0.25) is 0 Å². The second-order valence-electron chi connectivity index (χ2n) is 4.44. The molecule has 4 nitrogen and oxygen atoms in total. The molecular weight excluding hydrogens is 192 g/mol. The zero-order chi connectivity index (χ0) is 10.7. The maximum atomic E-state index is 11.3. The van der Waals surface area contributed by atoms with Crippen molar-refractivity contribution in [2.24, 2.45) is 5.92 Å². The molecule has 0 aliphatic carbocycles. The standard InChI is InChI=1S/C11H20N2O2/c1-2-15-11(14)8-13-6-4-10-9(7-13)3-5-12-10/h9-10,12H,2-8H2,1H3. The van der Waals surface area contributed by atoms with Gasteiger partial charge in [-0.2, -0.15) is 0 Å². The molecule has 15 heavy (non-hydrogen) atoms. The predicted octanol–water partition coefficient (Wildman–Crippen LogP) is 0.233. The van der Waals surface area contributed by atoms with Crippen LogP contribution in [-0.2, 0) is 9.53 Å². The Morgan fingerprint density at radius 3 is 3.20 bits per heavy atom. The highest BCUT2D eigenvalue weighted by Gasteiger charge is 2.33. The van der Waals surface area contributed by atoms with Crippen LogP contribution < -0.4 is 5.32 Å². The number of nitrogens with zero attached hydrogens (tertiary/aromatic N) is 1. The van der Waals surface area contributed by atoms with Crippen molar-refractivity contribution in [3.8, 4) is 0 Å². The number of hydrogen-bond acceptors (Lipinski definition) is 4. The van der Waals surface area contributed by atoms with Crippen molar-refractivity contribution in [1.29, 1.82) is 0 Å². The summed E-state index contributed by atoms with van der Waals surface area (Å²) in [7, 11) is 0. The molecule has 1 N–H and O–H groups in total. The molecular formula is C11H20N2O2. The van der Waals surface area contributed by atoms with E-state index >= 15 is 0 Å². The van der Waals surface area contributed by atoms with Crippen molar-refractivity contribution in [3.05, 3.63) is 0 Å². The minimum absolute atomic E-state index is 0.0816. The summed E-state index contributed by atoms with van der Waals surface area (Å²) in [6.45, 7) is 6.02. The van der Waals surface area contributed by atoms with E-state index in [0.717, 1.165) is 25.6 Å². The number of likely N-dealkylation sites (tertiary alicyclic amines) is 1. The van der Waals surface area contributed by atoms with Gasteiger partial charge in [0.15, 0.2) is 0 Å². The molecule has 0 amide bonds. The smallest absolute Gasteiger partial charge is 0.320 e. The first-order chi connectivity index (χ1) is 7.29. The van der Waals surface area contributed by atoms with Crippen LogP contribution in [0.25, 0.3) is 0 Å². The number of esters is 1. The van der Waals surface area contributed by atoms with Crippen molar-refractivity contribution in [2.75, 3.05) is 32.8 Å². The molecule has 0 saturated carbocycles. The number of nitrogens with one attached hydrogen (secondary N) is 1. The second kappa shape index (κ2) is 4.94. The Bertz CT molecular complexity index is 233. The highest BCUT2D eigenvalue weighted by Crippen LogP contribution is 2.24. The normalized spacial score (nSPS) is 31.3. The van der Waals surface area contributed by atoms with E-state index in [4.69, 9.17) is 4.74 Å². The van der Waals surface area contributed by atoms with Gasteiger partial charge in [0.2, 0.25) is 0 Å². The fourth-order valence-corrected chi connectivity index (χ4v) is 2.66. The van der Waals surface area contributed by atoms with Crippen LogP contribution in [0.5, 0.6) is 0 Å². The third-order valence-corrected chi connectivity index (χ3v) is 3.40. The Morgan fingerprint density at radius 2 is 2.40 bits per heavy atom. The number of hydrogen-bond donors (Lipinski definition) is 1. The van der Waals surface area contributed by atoms with E-state index in [2.05, 4.69) is 10.2 Å². The summed E-state index contributed by atoms with van der Waals surface area (Å²) in [5.74, 6) is 0.662. The fraction of sp³-hybridized carbons (Fsp3) is 0.909. The maximum absolute atomic E-state index is 11.3. The van der Waals surface area contributed by atoms with Gasteiger partial charge in [-0.05, 0) is 32.2 Å². The van der Waals surface area contributed by atoms with Crippen molar-refractivity contribution in [3.63, 3.8) is 0 Å². The lowest BCUT2D eigenvalue weighted by Gasteiger charge is -2.34. The van der Waals surface area contributed by atoms with Crippen LogP contribution in [0.4, 0.5) is 0 Å². The summed E-state index contributed by atoms with van der Waals surface area (Å²) < 4.78 is 4.96. The van der Waals surface area contributed by atoms with Gasteiger partial charge in [-0.3, -0.25) is 9.69 Å². The number of rotatable bonds is 3. The van der Waals surface area contributed by atoms with Crippen molar-refractivity contribution in [1.82, 2.24) is 10.2 Å². The van der Waals surface area contributed by atoms with E-state index in [1.54, 1.807) is 0 Å². The van der Waals surface area contributed by atoms with E-state index < -0.39 is 0 Å². The van der Waals surface area contributed by atoms with Gasteiger partial charge in [0, 0.05) is 19.1 Å². The van der Waals surface area contributed by atoms with E-state index in [-0.39, 0.29) is 5.97 Å². The van der Waals surface area contributed by atoms with E-state index in [1.165, 1.54) is 12.8 Å². The average molecular weight is 212 g/mol. The SMILES string of the molecule is CCOC(=O)CN1CCC2NCCC2C1. The highest BCUT2D eigenvalue weighted by molar-refractivity contribution is 5.71. The summed E-state index contributed by atoms with van der Waals surface area (Å²) in [6, 6.07) is 0.698. The highest BCUT2D eigenvalue weighted by atomic mass is 16.5. The minimum atomic E-state index is -0.0816. The van der Waals surface area contributed by atoms with Crippen LogP contribution in [0.1, 0.15) is 19.8 Å². The van der Waals surface area contributed by atoms with Crippen LogP contribution in [0, 0.1) is 5.92 Å². The summed E-state index contributed by atoms with van der Waals surface area (Å²) in [6.07, 6.45) is 2.42. The Balaban J connectivity index is 1.77. The van der Waals surface area contributed by atoms with Crippen LogP contribution in [0.3, 0.4) is 0 Å². The van der Waals surface area contributed by atoms with Gasteiger partial charge in [-0.1, -0.05) is 0 Å². The third kappa shape index (κ3) is 2.69. The van der Waals surface area contributed by atoms with Crippen molar-refractivity contribution < 1.29 is 9.53 Å². The summed E-state index contributed by atoms with van der Waals surface area (Å²) in [4.78, 5) is 13.6. The second-order valence-corrected chi connectivity index (χ2v) is 4.44. The molecule has 4 heteroatoms. The van der Waals surface area contributed by atoms with E-state index in [0.29, 0.717) is 19.2 Å². The molecule has 0 aromatic carbocycles. The molecule has 2 aliphatic rings. The lowest BCUT2D eigenvalue weighted by Crippen LogP contribution is -2.46. The maximum Gasteiger partial charge on any atom is 0.320 e. The number of fused-ring (bicyclic) bond motifs is 1. The Labute approximate surface area is 91.0 Å². The molecule has 2 fully saturated rings. The number of carbonyl (C=O) groups excluding carboxylic acids is 1. The van der Waals surface area contributed by atoms with E-state index in [1.807, 2.05) is 6.92 Å². The van der Waals surface area contributed by atoms with Crippen molar-refractivity contribution >= 4 is 5.97 Å². The topological polar surface area (TPSA) is 41.6 Å². The summed E-state index contributed by atoms with van der Waals surface area (Å²) >= 11 is 0. The van der Waals surface area contributed by atoms with Gasteiger partial charge >= 0.3 is 5.97 Å². The average Bonchev–Trinajstić information content (AvgIpc) is 2.65. The molecule has 0 aromatic rings. The monoisotopic (exact) mass is 212 g/mol. The zero-order valence-corrected chi connectivity index (χ0v) is 9.37. The van der Waals surface area contributed by atoms with Crippen LogP contribution in [-0.4, -0.2) is 49.7 Å². The molecule has 2 heterocycles. The molecule has 2 aliphatic heterocycles. The molecule has 0 aromatic heterocycles. The minimum Gasteiger partial charge on any atom is -0.465 e. The molecule has 0 bridgehead atoms. The fourth-order valence-electron chi connectivity index (χ4n) is 2.66.